The third kappa shape index (κ3) is 2.18. The van der Waals surface area contributed by atoms with Crippen LogP contribution in [0.1, 0.15) is 40.5 Å². The molecule has 4 heteroatoms. The number of amidine groups is 1. The van der Waals surface area contributed by atoms with E-state index in [1.54, 1.807) is 0 Å². The van der Waals surface area contributed by atoms with Crippen LogP contribution in [0.25, 0.3) is 0 Å². The van der Waals surface area contributed by atoms with Crippen molar-refractivity contribution < 1.29 is 0 Å². The van der Waals surface area contributed by atoms with E-state index in [4.69, 9.17) is 0 Å². The second-order valence-electron chi connectivity index (χ2n) is 4.03. The average molecular weight is 198 g/mol. The molecule has 2 atom stereocenters. The van der Waals surface area contributed by atoms with Gasteiger partial charge in [0.15, 0.2) is 0 Å². The fourth-order valence-electron chi connectivity index (χ4n) is 1.39. The first-order valence-electron chi connectivity index (χ1n) is 5.47. The minimum atomic E-state index is 0.444. The number of hydrazone groups is 1. The molecule has 0 spiro atoms. The Bertz CT molecular complexity index is 214. The quantitative estimate of drug-likeness (QED) is 0.747. The Labute approximate surface area is 86.9 Å². The highest BCUT2D eigenvalue weighted by Gasteiger charge is 2.25. The van der Waals surface area contributed by atoms with Crippen LogP contribution in [-0.2, 0) is 0 Å². The molecule has 4 nitrogen and oxygen atoms in total. The van der Waals surface area contributed by atoms with Crippen molar-refractivity contribution in [1.29, 1.82) is 0 Å². The van der Waals surface area contributed by atoms with Gasteiger partial charge in [-0.3, -0.25) is 5.01 Å². The van der Waals surface area contributed by atoms with Crippen molar-refractivity contribution in [2.45, 2.75) is 46.6 Å². The van der Waals surface area contributed by atoms with Gasteiger partial charge in [0.2, 0.25) is 0 Å². The summed E-state index contributed by atoms with van der Waals surface area (Å²) >= 11 is 0. The zero-order chi connectivity index (χ0) is 10.7. The van der Waals surface area contributed by atoms with Gasteiger partial charge in [-0.25, -0.2) is 5.12 Å². The smallest absolute Gasteiger partial charge is 0.144 e. The number of hydrogen-bond acceptors (Lipinski definition) is 4. The van der Waals surface area contributed by atoms with Gasteiger partial charge >= 0.3 is 0 Å². The fourth-order valence-corrected chi connectivity index (χ4v) is 1.39. The minimum Gasteiger partial charge on any atom is -0.278 e. The summed E-state index contributed by atoms with van der Waals surface area (Å²) in [7, 11) is 2.02. The van der Waals surface area contributed by atoms with Crippen LogP contribution in [0, 0.1) is 5.92 Å². The van der Waals surface area contributed by atoms with Crippen molar-refractivity contribution >= 4 is 5.84 Å². The maximum absolute atomic E-state index is 4.58. The Morgan fingerprint density at radius 2 is 1.93 bits per heavy atom. The molecule has 1 aliphatic rings. The molecular formula is C10H22N4. The van der Waals surface area contributed by atoms with Crippen LogP contribution in [0.3, 0.4) is 0 Å². The van der Waals surface area contributed by atoms with Crippen LogP contribution in [0.2, 0.25) is 0 Å². The van der Waals surface area contributed by atoms with Gasteiger partial charge in [0.05, 0.1) is 6.04 Å². The zero-order valence-electron chi connectivity index (χ0n) is 9.91. The van der Waals surface area contributed by atoms with E-state index >= 15 is 0 Å². The molecule has 0 aromatic rings. The molecule has 0 aromatic carbocycles. The fraction of sp³-hybridized carbons (Fsp3) is 0.900. The Hall–Kier alpha value is -0.770. The van der Waals surface area contributed by atoms with Crippen molar-refractivity contribution in [3.63, 3.8) is 0 Å². The van der Waals surface area contributed by atoms with Crippen LogP contribution in [0.4, 0.5) is 0 Å². The van der Waals surface area contributed by atoms with Gasteiger partial charge in [0, 0.05) is 13.0 Å². The molecule has 1 rings (SSSR count). The predicted molar refractivity (Wildman–Crippen MR) is 59.4 cm³/mol. The van der Waals surface area contributed by atoms with Crippen molar-refractivity contribution in [3.05, 3.63) is 0 Å². The molecule has 0 aromatic heterocycles. The summed E-state index contributed by atoms with van der Waals surface area (Å²) in [6.07, 6.45) is 2.22. The third-order valence-electron chi connectivity index (χ3n) is 2.87. The molecule has 1 heterocycles. The number of hydrazine groups is 2. The minimum absolute atomic E-state index is 0.444. The number of nitrogens with one attached hydrogen (secondary N) is 1. The highest BCUT2D eigenvalue weighted by molar-refractivity contribution is 5.84. The maximum atomic E-state index is 4.58. The van der Waals surface area contributed by atoms with Gasteiger partial charge in [-0.15, -0.1) is 10.6 Å². The Balaban J connectivity index is 2.67. The molecule has 1 aliphatic heterocycles. The van der Waals surface area contributed by atoms with E-state index < -0.39 is 0 Å². The summed E-state index contributed by atoms with van der Waals surface area (Å²) in [5.41, 5.74) is 3.23. The van der Waals surface area contributed by atoms with E-state index in [1.807, 2.05) is 17.2 Å². The second kappa shape index (κ2) is 4.64. The van der Waals surface area contributed by atoms with Crippen molar-refractivity contribution in [2.24, 2.45) is 11.0 Å². The largest absolute Gasteiger partial charge is 0.278 e. The summed E-state index contributed by atoms with van der Waals surface area (Å²) < 4.78 is 0. The molecule has 0 saturated carbocycles. The lowest BCUT2D eigenvalue weighted by Crippen LogP contribution is -2.44. The number of rotatable bonds is 4. The number of hydrogen-bond donors (Lipinski definition) is 1. The van der Waals surface area contributed by atoms with Crippen LogP contribution < -0.4 is 5.53 Å². The van der Waals surface area contributed by atoms with Gasteiger partial charge in [0.1, 0.15) is 5.84 Å². The van der Waals surface area contributed by atoms with Crippen molar-refractivity contribution in [2.75, 3.05) is 7.05 Å². The Kier molecular flexibility index (Phi) is 3.75. The summed E-state index contributed by atoms with van der Waals surface area (Å²) in [6, 6.07) is 0.444. The van der Waals surface area contributed by atoms with E-state index in [0.29, 0.717) is 12.0 Å². The first kappa shape index (κ1) is 11.3. The van der Waals surface area contributed by atoms with E-state index in [0.717, 1.165) is 18.7 Å². The van der Waals surface area contributed by atoms with E-state index in [9.17, 15) is 0 Å². The van der Waals surface area contributed by atoms with Crippen LogP contribution in [0.15, 0.2) is 5.10 Å². The lowest BCUT2D eigenvalue weighted by molar-refractivity contribution is 0.0854. The van der Waals surface area contributed by atoms with Gasteiger partial charge < -0.3 is 0 Å². The maximum Gasteiger partial charge on any atom is 0.144 e. The highest BCUT2D eigenvalue weighted by Crippen LogP contribution is 2.14. The van der Waals surface area contributed by atoms with Gasteiger partial charge in [-0.2, -0.15) is 0 Å². The lowest BCUT2D eigenvalue weighted by atomic mass is 10.1. The summed E-state index contributed by atoms with van der Waals surface area (Å²) in [6.45, 7) is 8.73. The van der Waals surface area contributed by atoms with Crippen LogP contribution in [-0.4, -0.2) is 29.1 Å². The second-order valence-corrected chi connectivity index (χ2v) is 4.03. The first-order chi connectivity index (χ1) is 6.60. The first-order valence-corrected chi connectivity index (χ1v) is 5.47. The lowest BCUT2D eigenvalue weighted by Gasteiger charge is -2.23. The Morgan fingerprint density at radius 1 is 1.29 bits per heavy atom. The average Bonchev–Trinajstić information content (AvgIpc) is 2.58. The molecule has 2 unspecified atom stereocenters. The van der Waals surface area contributed by atoms with E-state index in [2.05, 4.69) is 38.3 Å². The molecule has 0 aliphatic carbocycles. The van der Waals surface area contributed by atoms with Crippen molar-refractivity contribution in [3.8, 4) is 0 Å². The number of nitrogens with zero attached hydrogens (tertiary/aromatic N) is 3. The summed E-state index contributed by atoms with van der Waals surface area (Å²) in [5.74, 6) is 1.65. The Morgan fingerprint density at radius 3 is 2.43 bits per heavy atom. The molecule has 82 valence electrons. The van der Waals surface area contributed by atoms with Gasteiger partial charge in [-0.1, -0.05) is 20.8 Å². The molecular weight excluding hydrogens is 176 g/mol. The van der Waals surface area contributed by atoms with Gasteiger partial charge in [0.25, 0.3) is 0 Å². The molecule has 0 radical (unpaired) electrons. The zero-order valence-corrected chi connectivity index (χ0v) is 9.91. The van der Waals surface area contributed by atoms with Crippen molar-refractivity contribution in [1.82, 2.24) is 15.7 Å². The normalized spacial score (nSPS) is 21.1. The summed E-state index contributed by atoms with van der Waals surface area (Å²) in [5, 5.41) is 8.54. The standard InChI is InChI=1S/C10H22N4/c1-6-8(3)10-11-14(9(4)7-2)12-13(10)5/h8-9,12H,6-7H2,1-5H3. The molecule has 14 heavy (non-hydrogen) atoms. The molecule has 0 fully saturated rings. The van der Waals surface area contributed by atoms with Crippen LogP contribution >= 0.6 is 0 Å². The predicted octanol–water partition coefficient (Wildman–Crippen LogP) is 1.81. The van der Waals surface area contributed by atoms with E-state index in [-0.39, 0.29) is 0 Å². The SMILES string of the molecule is CCC(C)C1=NN(C(C)CC)NN1C. The van der Waals surface area contributed by atoms with E-state index in [1.165, 1.54) is 0 Å². The highest BCUT2D eigenvalue weighted by atomic mass is 15.9. The monoisotopic (exact) mass is 198 g/mol. The summed E-state index contributed by atoms with van der Waals surface area (Å²) in [4.78, 5) is 0. The molecule has 1 N–H and O–H groups in total. The molecule has 0 amide bonds. The molecule has 0 bridgehead atoms. The van der Waals surface area contributed by atoms with Crippen LogP contribution in [0.5, 0.6) is 0 Å². The molecule has 0 saturated heterocycles. The van der Waals surface area contributed by atoms with Gasteiger partial charge in [-0.05, 0) is 19.8 Å². The third-order valence-corrected chi connectivity index (χ3v) is 2.87. The topological polar surface area (TPSA) is 30.9 Å².